The third-order valence-electron chi connectivity index (χ3n) is 1.68. The van der Waals surface area contributed by atoms with Gasteiger partial charge in [-0.3, -0.25) is 0 Å². The first-order valence-electron chi connectivity index (χ1n) is 3.71. The molecule has 0 aliphatic carbocycles. The molecule has 0 N–H and O–H groups in total. The number of hydrogen-bond acceptors (Lipinski definition) is 1. The molecule has 4 heteroatoms. The molecule has 0 heterocycles. The molecule has 0 bridgehead atoms. The van der Waals surface area contributed by atoms with Crippen molar-refractivity contribution in [1.29, 1.82) is 5.26 Å². The predicted octanol–water partition coefficient (Wildman–Crippen LogP) is -1.06. The monoisotopic (exact) mass is 291 g/mol. The first kappa shape index (κ1) is 12.7. The molecule has 1 rings (SSSR count). The standard InChI is InChI=1S/C9H7FN.BrH.Zn/c1-7-2-3-8(4-5-11)9(10)6-7;;/h2-3,6H,1,4H2;1H;/q;;+1/p-1. The van der Waals surface area contributed by atoms with Crippen molar-refractivity contribution >= 4 is 0 Å². The summed E-state index contributed by atoms with van der Waals surface area (Å²) in [5.41, 5.74) is 1.52. The average molecular weight is 293 g/mol. The van der Waals surface area contributed by atoms with Crippen LogP contribution < -0.4 is 17.0 Å². The average Bonchev–Trinajstić information content (AvgIpc) is 2.09. The summed E-state index contributed by atoms with van der Waals surface area (Å²) in [5.74, 6) is -0.248. The minimum Gasteiger partial charge on any atom is -1.00 e. The molecule has 64 valence electrons. The third-order valence-corrected chi connectivity index (χ3v) is 2.89. The zero-order chi connectivity index (χ0) is 8.97. The van der Waals surface area contributed by atoms with Gasteiger partial charge in [0.2, 0.25) is 0 Å². The number of rotatable bonds is 2. The topological polar surface area (TPSA) is 23.8 Å². The van der Waals surface area contributed by atoms with Crippen LogP contribution in [-0.4, -0.2) is 0 Å². The Hall–Kier alpha value is -0.257. The summed E-state index contributed by atoms with van der Waals surface area (Å²) in [7, 11) is 0. The number of nitrogens with zero attached hydrogens (tertiary/aromatic N) is 1. The number of benzene rings is 1. The van der Waals surface area contributed by atoms with Gasteiger partial charge in [0.15, 0.2) is 0 Å². The SMILES string of the molecule is N#CCc1ccc([CH2][Zn+])cc1F.[Br-]. The Morgan fingerprint density at radius 3 is 2.62 bits per heavy atom. The van der Waals surface area contributed by atoms with E-state index < -0.39 is 0 Å². The molecule has 0 unspecified atom stereocenters. The predicted molar refractivity (Wildman–Crippen MR) is 39.4 cm³/mol. The molecular formula is C9H7BrFNZn. The van der Waals surface area contributed by atoms with Crippen LogP contribution >= 0.6 is 0 Å². The van der Waals surface area contributed by atoms with Gasteiger partial charge in [-0.15, -0.1) is 0 Å². The molecule has 0 amide bonds. The second-order valence-corrected chi connectivity index (χ2v) is 3.56. The van der Waals surface area contributed by atoms with Gasteiger partial charge in [0.1, 0.15) is 0 Å². The first-order valence-corrected chi connectivity index (χ1v) is 5.81. The van der Waals surface area contributed by atoms with Gasteiger partial charge in [0.25, 0.3) is 0 Å². The van der Waals surface area contributed by atoms with E-state index in [4.69, 9.17) is 5.26 Å². The normalized spacial score (nSPS) is 8.77. The first-order chi connectivity index (χ1) is 5.77. The summed E-state index contributed by atoms with van der Waals surface area (Å²) in [6.07, 6.45) is 0.159. The molecule has 0 aromatic heterocycles. The van der Waals surface area contributed by atoms with Crippen molar-refractivity contribution in [2.24, 2.45) is 0 Å². The molecular weight excluding hydrogens is 286 g/mol. The van der Waals surface area contributed by atoms with Gasteiger partial charge >= 0.3 is 80.6 Å². The maximum absolute atomic E-state index is 13.1. The van der Waals surface area contributed by atoms with E-state index in [1.807, 2.05) is 12.1 Å². The molecule has 0 aliphatic heterocycles. The van der Waals surface area contributed by atoms with Crippen molar-refractivity contribution in [3.63, 3.8) is 0 Å². The fourth-order valence-corrected chi connectivity index (χ4v) is 1.63. The fraction of sp³-hybridized carbons (Fsp3) is 0.222. The van der Waals surface area contributed by atoms with Crippen LogP contribution in [0.25, 0.3) is 0 Å². The van der Waals surface area contributed by atoms with Gasteiger partial charge in [-0.25, -0.2) is 0 Å². The van der Waals surface area contributed by atoms with E-state index in [0.29, 0.717) is 5.56 Å². The van der Waals surface area contributed by atoms with E-state index >= 15 is 0 Å². The van der Waals surface area contributed by atoms with E-state index in [9.17, 15) is 4.39 Å². The maximum atomic E-state index is 13.1. The quantitative estimate of drug-likeness (QED) is 0.638. The van der Waals surface area contributed by atoms with Crippen molar-refractivity contribution in [2.45, 2.75) is 11.4 Å². The Labute approximate surface area is 97.4 Å². The second kappa shape index (κ2) is 6.24. The van der Waals surface area contributed by atoms with Crippen LogP contribution in [-0.2, 0) is 29.7 Å². The van der Waals surface area contributed by atoms with E-state index in [1.165, 1.54) is 6.07 Å². The Balaban J connectivity index is 0.00000144. The zero-order valence-corrected chi connectivity index (χ0v) is 11.6. The summed E-state index contributed by atoms with van der Waals surface area (Å²) >= 11 is 1.14. The van der Waals surface area contributed by atoms with Crippen molar-refractivity contribution in [3.8, 4) is 6.07 Å². The van der Waals surface area contributed by atoms with Crippen LogP contribution in [0.1, 0.15) is 11.1 Å². The third kappa shape index (κ3) is 3.54. The Bertz CT molecular complexity index is 322. The van der Waals surface area contributed by atoms with Gasteiger partial charge in [-0.05, 0) is 0 Å². The molecule has 1 aromatic carbocycles. The van der Waals surface area contributed by atoms with Crippen LogP contribution in [0.2, 0.25) is 0 Å². The van der Waals surface area contributed by atoms with Gasteiger partial charge in [0, 0.05) is 0 Å². The summed E-state index contributed by atoms with van der Waals surface area (Å²) in [6.45, 7) is 0. The van der Waals surface area contributed by atoms with Crippen LogP contribution in [0.5, 0.6) is 0 Å². The van der Waals surface area contributed by atoms with Gasteiger partial charge in [0.05, 0.1) is 0 Å². The Morgan fingerprint density at radius 2 is 2.15 bits per heavy atom. The van der Waals surface area contributed by atoms with Gasteiger partial charge < -0.3 is 17.0 Å². The van der Waals surface area contributed by atoms with Crippen LogP contribution in [0.3, 0.4) is 0 Å². The zero-order valence-electron chi connectivity index (χ0n) is 7.06. The molecule has 1 nitrogen and oxygen atoms in total. The summed E-state index contributed by atoms with van der Waals surface area (Å²) in [4.78, 5) is 0. The summed E-state index contributed by atoms with van der Waals surface area (Å²) < 4.78 is 13.1. The fourth-order valence-electron chi connectivity index (χ4n) is 0.975. The summed E-state index contributed by atoms with van der Waals surface area (Å²) in [5, 5.41) is 9.31. The smallest absolute Gasteiger partial charge is 1.00 e. The van der Waals surface area contributed by atoms with Gasteiger partial charge in [-0.2, -0.15) is 0 Å². The largest absolute Gasteiger partial charge is 1.00 e. The summed E-state index contributed by atoms with van der Waals surface area (Å²) in [6, 6.07) is 7.04. The second-order valence-electron chi connectivity index (χ2n) is 2.51. The van der Waals surface area contributed by atoms with Crippen LogP contribution in [0.15, 0.2) is 18.2 Å². The van der Waals surface area contributed by atoms with E-state index in [0.717, 1.165) is 28.9 Å². The molecule has 0 radical (unpaired) electrons. The van der Waals surface area contributed by atoms with Crippen LogP contribution in [0, 0.1) is 17.1 Å². The Kier molecular flexibility index (Phi) is 6.11. The minimum atomic E-state index is -0.248. The molecule has 1 aromatic rings. The number of nitriles is 1. The molecule has 0 saturated carbocycles. The van der Waals surface area contributed by atoms with Crippen molar-refractivity contribution in [1.82, 2.24) is 0 Å². The Morgan fingerprint density at radius 1 is 1.46 bits per heavy atom. The van der Waals surface area contributed by atoms with E-state index in [-0.39, 0.29) is 29.2 Å². The minimum absolute atomic E-state index is 0. The molecule has 0 saturated heterocycles. The number of halogens is 2. The van der Waals surface area contributed by atoms with E-state index in [2.05, 4.69) is 0 Å². The molecule has 0 fully saturated rings. The van der Waals surface area contributed by atoms with Crippen molar-refractivity contribution in [3.05, 3.63) is 35.1 Å². The maximum Gasteiger partial charge on any atom is -1.00 e. The molecule has 0 aliphatic rings. The number of hydrogen-bond donors (Lipinski definition) is 0. The molecule has 0 atom stereocenters. The van der Waals surface area contributed by atoms with Crippen LogP contribution in [0.4, 0.5) is 4.39 Å². The van der Waals surface area contributed by atoms with E-state index in [1.54, 1.807) is 6.07 Å². The molecule has 0 spiro atoms. The van der Waals surface area contributed by atoms with Crippen molar-refractivity contribution < 1.29 is 39.7 Å². The van der Waals surface area contributed by atoms with Gasteiger partial charge in [-0.1, -0.05) is 0 Å². The molecule has 13 heavy (non-hydrogen) atoms. The van der Waals surface area contributed by atoms with Crippen molar-refractivity contribution in [2.75, 3.05) is 0 Å².